The van der Waals surface area contributed by atoms with Crippen molar-refractivity contribution >= 4 is 18.1 Å². The van der Waals surface area contributed by atoms with Crippen molar-refractivity contribution in [3.05, 3.63) is 35.9 Å². The minimum Gasteiger partial charge on any atom is -0.465 e. The Morgan fingerprint density at radius 3 is 2.72 bits per heavy atom. The number of rotatable bonds is 6. The van der Waals surface area contributed by atoms with Gasteiger partial charge in [-0.2, -0.15) is 0 Å². The van der Waals surface area contributed by atoms with Crippen molar-refractivity contribution in [2.24, 2.45) is 4.99 Å². The normalized spacial score (nSPS) is 10.3. The molecule has 0 heterocycles. The van der Waals surface area contributed by atoms with Gasteiger partial charge in [0.15, 0.2) is 0 Å². The molecule has 18 heavy (non-hydrogen) atoms. The molecule has 1 rings (SSSR count). The van der Waals surface area contributed by atoms with E-state index in [4.69, 9.17) is 0 Å². The Hall–Kier alpha value is -2.17. The molecule has 0 aromatic heterocycles. The molecule has 0 unspecified atom stereocenters. The topological polar surface area (TPSA) is 67.8 Å². The lowest BCUT2D eigenvalue weighted by molar-refractivity contribution is -0.143. The first-order valence-electron chi connectivity index (χ1n) is 5.69. The van der Waals surface area contributed by atoms with Gasteiger partial charge in [0, 0.05) is 6.21 Å². The smallest absolute Gasteiger partial charge is 0.325 e. The van der Waals surface area contributed by atoms with Crippen molar-refractivity contribution in [3.8, 4) is 0 Å². The largest absolute Gasteiger partial charge is 0.465 e. The van der Waals surface area contributed by atoms with Crippen molar-refractivity contribution in [1.29, 1.82) is 0 Å². The summed E-state index contributed by atoms with van der Waals surface area (Å²) in [6.45, 7) is 1.90. The number of nitrogens with one attached hydrogen (secondary N) is 1. The minimum atomic E-state index is -0.446. The number of carbonyl (C=O) groups is 2. The number of carbonyl (C=O) groups excluding carboxylic acids is 2. The van der Waals surface area contributed by atoms with Crippen LogP contribution in [0.2, 0.25) is 0 Å². The molecule has 0 aliphatic heterocycles. The van der Waals surface area contributed by atoms with Crippen LogP contribution in [-0.4, -0.2) is 37.8 Å². The summed E-state index contributed by atoms with van der Waals surface area (Å²) in [6, 6.07) is 9.47. The molecular formula is C13H16N2O3. The Bertz CT molecular complexity index is 416. The van der Waals surface area contributed by atoms with Crippen LogP contribution in [0, 0.1) is 0 Å². The molecule has 5 heteroatoms. The Morgan fingerprint density at radius 2 is 2.06 bits per heavy atom. The van der Waals surface area contributed by atoms with Gasteiger partial charge in [-0.05, 0) is 12.5 Å². The van der Waals surface area contributed by atoms with Crippen LogP contribution in [0.25, 0.3) is 0 Å². The lowest BCUT2D eigenvalue weighted by atomic mass is 10.2. The number of hydrogen-bond donors (Lipinski definition) is 1. The standard InChI is InChI=1S/C13H16N2O3/c1-2-18-13(17)10-15-12(16)9-14-8-11-6-4-3-5-7-11/h3-8H,2,9-10H2,1H3,(H,15,16). The Kier molecular flexibility index (Phi) is 6.17. The fraction of sp³-hybridized carbons (Fsp3) is 0.308. The van der Waals surface area contributed by atoms with E-state index in [1.807, 2.05) is 30.3 Å². The first kappa shape index (κ1) is 13.9. The lowest BCUT2D eigenvalue weighted by Gasteiger charge is -2.02. The number of hydrogen-bond acceptors (Lipinski definition) is 4. The second kappa shape index (κ2) is 8.00. The zero-order valence-corrected chi connectivity index (χ0v) is 10.3. The summed E-state index contributed by atoms with van der Waals surface area (Å²) in [5.41, 5.74) is 0.927. The Labute approximate surface area is 106 Å². The molecule has 1 amide bonds. The van der Waals surface area contributed by atoms with Gasteiger partial charge in [0.1, 0.15) is 13.1 Å². The molecule has 0 spiro atoms. The van der Waals surface area contributed by atoms with Gasteiger partial charge in [-0.15, -0.1) is 0 Å². The molecule has 1 aromatic rings. The summed E-state index contributed by atoms with van der Waals surface area (Å²) in [7, 11) is 0. The number of amides is 1. The SMILES string of the molecule is CCOC(=O)CNC(=O)CN=Cc1ccccc1. The van der Waals surface area contributed by atoms with Crippen molar-refractivity contribution in [1.82, 2.24) is 5.32 Å². The van der Waals surface area contributed by atoms with Gasteiger partial charge in [-0.25, -0.2) is 0 Å². The summed E-state index contributed by atoms with van der Waals surface area (Å²) in [5.74, 6) is -0.756. The van der Waals surface area contributed by atoms with Crippen LogP contribution in [0.15, 0.2) is 35.3 Å². The first-order chi connectivity index (χ1) is 8.72. The number of benzene rings is 1. The van der Waals surface area contributed by atoms with Crippen LogP contribution in [0.5, 0.6) is 0 Å². The molecule has 0 bridgehead atoms. The molecule has 0 radical (unpaired) electrons. The molecule has 5 nitrogen and oxygen atoms in total. The van der Waals surface area contributed by atoms with Crippen LogP contribution in [-0.2, 0) is 14.3 Å². The maximum Gasteiger partial charge on any atom is 0.325 e. The highest BCUT2D eigenvalue weighted by molar-refractivity contribution is 5.86. The quantitative estimate of drug-likeness (QED) is 0.597. The number of ether oxygens (including phenoxy) is 1. The van der Waals surface area contributed by atoms with Gasteiger partial charge in [-0.3, -0.25) is 14.6 Å². The van der Waals surface area contributed by atoms with Crippen LogP contribution in [0.4, 0.5) is 0 Å². The van der Waals surface area contributed by atoms with Gasteiger partial charge in [0.2, 0.25) is 5.91 Å². The summed E-state index contributed by atoms with van der Waals surface area (Å²) in [4.78, 5) is 26.3. The summed E-state index contributed by atoms with van der Waals surface area (Å²) in [5, 5.41) is 2.43. The predicted octanol–water partition coefficient (Wildman–Crippen LogP) is 0.785. The van der Waals surface area contributed by atoms with Gasteiger partial charge in [0.05, 0.1) is 6.61 Å². The Morgan fingerprint density at radius 1 is 1.33 bits per heavy atom. The summed E-state index contributed by atoms with van der Waals surface area (Å²) in [6.07, 6.45) is 1.62. The highest BCUT2D eigenvalue weighted by Gasteiger charge is 2.04. The van der Waals surface area contributed by atoms with Crippen LogP contribution >= 0.6 is 0 Å². The number of aliphatic imine (C=N–C) groups is 1. The van der Waals surface area contributed by atoms with E-state index < -0.39 is 5.97 Å². The number of nitrogens with zero attached hydrogens (tertiary/aromatic N) is 1. The summed E-state index contributed by atoms with van der Waals surface area (Å²) >= 11 is 0. The van der Waals surface area contributed by atoms with Crippen LogP contribution in [0.1, 0.15) is 12.5 Å². The van der Waals surface area contributed by atoms with Crippen LogP contribution < -0.4 is 5.32 Å². The maximum absolute atomic E-state index is 11.3. The third kappa shape index (κ3) is 5.79. The van der Waals surface area contributed by atoms with Crippen molar-refractivity contribution in [3.63, 3.8) is 0 Å². The zero-order chi connectivity index (χ0) is 13.2. The summed E-state index contributed by atoms with van der Waals surface area (Å²) < 4.78 is 4.67. The third-order valence-corrected chi connectivity index (χ3v) is 2.01. The second-order valence-electron chi connectivity index (χ2n) is 3.46. The fourth-order valence-electron chi connectivity index (χ4n) is 1.21. The average Bonchev–Trinajstić information content (AvgIpc) is 2.38. The van der Waals surface area contributed by atoms with Crippen molar-refractivity contribution in [2.75, 3.05) is 19.7 Å². The van der Waals surface area contributed by atoms with Gasteiger partial charge in [-0.1, -0.05) is 30.3 Å². The second-order valence-corrected chi connectivity index (χ2v) is 3.46. The van der Waals surface area contributed by atoms with E-state index in [0.717, 1.165) is 5.56 Å². The van der Waals surface area contributed by atoms with E-state index >= 15 is 0 Å². The average molecular weight is 248 g/mol. The third-order valence-electron chi connectivity index (χ3n) is 2.01. The molecule has 1 aromatic carbocycles. The first-order valence-corrected chi connectivity index (χ1v) is 5.69. The van der Waals surface area contributed by atoms with E-state index in [9.17, 15) is 9.59 Å². The molecule has 0 atom stereocenters. The zero-order valence-electron chi connectivity index (χ0n) is 10.3. The predicted molar refractivity (Wildman–Crippen MR) is 68.5 cm³/mol. The van der Waals surface area contributed by atoms with Crippen molar-refractivity contribution < 1.29 is 14.3 Å². The van der Waals surface area contributed by atoms with E-state index in [2.05, 4.69) is 15.0 Å². The van der Waals surface area contributed by atoms with Gasteiger partial charge in [0.25, 0.3) is 0 Å². The molecule has 0 saturated carbocycles. The van der Waals surface area contributed by atoms with Crippen molar-refractivity contribution in [2.45, 2.75) is 6.92 Å². The fourth-order valence-corrected chi connectivity index (χ4v) is 1.21. The molecule has 0 aliphatic carbocycles. The Balaban J connectivity index is 2.25. The van der Waals surface area contributed by atoms with E-state index in [-0.39, 0.29) is 19.0 Å². The van der Waals surface area contributed by atoms with E-state index in [1.54, 1.807) is 13.1 Å². The molecule has 1 N–H and O–H groups in total. The number of esters is 1. The highest BCUT2D eigenvalue weighted by Crippen LogP contribution is 1.93. The minimum absolute atomic E-state index is 0.00566. The van der Waals surface area contributed by atoms with E-state index in [0.29, 0.717) is 6.61 Å². The molecule has 0 saturated heterocycles. The molecule has 0 aliphatic rings. The van der Waals surface area contributed by atoms with E-state index in [1.165, 1.54) is 0 Å². The molecular weight excluding hydrogens is 232 g/mol. The molecule has 96 valence electrons. The van der Waals surface area contributed by atoms with Gasteiger partial charge >= 0.3 is 5.97 Å². The monoisotopic (exact) mass is 248 g/mol. The van der Waals surface area contributed by atoms with Crippen LogP contribution in [0.3, 0.4) is 0 Å². The molecule has 0 fully saturated rings. The maximum atomic E-state index is 11.3. The van der Waals surface area contributed by atoms with Gasteiger partial charge < -0.3 is 10.1 Å². The lowest BCUT2D eigenvalue weighted by Crippen LogP contribution is -2.32. The highest BCUT2D eigenvalue weighted by atomic mass is 16.5.